The molecule has 164 valence electrons. The average molecular weight is 427 g/mol. The van der Waals surface area contributed by atoms with E-state index in [0.717, 1.165) is 16.3 Å². The summed E-state index contributed by atoms with van der Waals surface area (Å²) in [5.74, 6) is 0.726. The minimum Gasteiger partial charge on any atom is -0.349 e. The summed E-state index contributed by atoms with van der Waals surface area (Å²) in [6.45, 7) is 3.33. The van der Waals surface area contributed by atoms with E-state index in [9.17, 15) is 9.59 Å². The topological polar surface area (TPSA) is 49.4 Å². The highest BCUT2D eigenvalue weighted by atomic mass is 16.2. The van der Waals surface area contributed by atoms with Gasteiger partial charge in [0.2, 0.25) is 5.91 Å². The molecule has 0 spiro atoms. The lowest BCUT2D eigenvalue weighted by Gasteiger charge is -2.32. The number of carbonyl (C=O) groups excluding carboxylic acids is 2. The third-order valence-electron chi connectivity index (χ3n) is 7.00. The Morgan fingerprint density at radius 2 is 1.56 bits per heavy atom. The van der Waals surface area contributed by atoms with Gasteiger partial charge in [0.15, 0.2) is 0 Å². The number of amides is 2. The van der Waals surface area contributed by atoms with Crippen LogP contribution in [0.3, 0.4) is 0 Å². The van der Waals surface area contributed by atoms with E-state index in [1.807, 2.05) is 47.4 Å². The summed E-state index contributed by atoms with van der Waals surface area (Å²) >= 11 is 0. The molecule has 2 aliphatic rings. The average Bonchev–Trinajstić information content (AvgIpc) is 3.68. The van der Waals surface area contributed by atoms with Gasteiger partial charge in [-0.05, 0) is 60.9 Å². The van der Waals surface area contributed by atoms with Gasteiger partial charge in [-0.25, -0.2) is 0 Å². The molecule has 1 saturated heterocycles. The minimum absolute atomic E-state index is 0.0294. The van der Waals surface area contributed by atoms with Gasteiger partial charge in [0.05, 0.1) is 6.04 Å². The molecular formula is C28H30N2O2. The molecule has 1 saturated carbocycles. The predicted octanol–water partition coefficient (Wildman–Crippen LogP) is 5.27. The van der Waals surface area contributed by atoms with E-state index in [1.54, 1.807) is 0 Å². The van der Waals surface area contributed by atoms with Crippen molar-refractivity contribution in [3.63, 3.8) is 0 Å². The van der Waals surface area contributed by atoms with Crippen molar-refractivity contribution in [2.24, 2.45) is 11.8 Å². The lowest BCUT2D eigenvalue weighted by Crippen LogP contribution is -2.44. The second-order valence-corrected chi connectivity index (χ2v) is 9.33. The second kappa shape index (κ2) is 8.78. The molecular weight excluding hydrogens is 396 g/mol. The van der Waals surface area contributed by atoms with Gasteiger partial charge in [-0.1, -0.05) is 66.2 Å². The molecule has 0 radical (unpaired) electrons. The molecule has 4 nitrogen and oxygen atoms in total. The molecule has 5 rings (SSSR count). The zero-order valence-corrected chi connectivity index (χ0v) is 18.6. The largest absolute Gasteiger partial charge is 0.349 e. The van der Waals surface area contributed by atoms with Crippen LogP contribution >= 0.6 is 0 Å². The lowest BCUT2D eigenvalue weighted by molar-refractivity contribution is -0.127. The molecule has 1 heterocycles. The SMILES string of the molecule is Cc1ccc(C(NC(=O)C2CCN(C(=O)c3cccc4ccccc34)CC2)C2CC2)cc1. The number of rotatable bonds is 5. The Labute approximate surface area is 189 Å². The van der Waals surface area contributed by atoms with Gasteiger partial charge in [0.1, 0.15) is 0 Å². The van der Waals surface area contributed by atoms with Crippen molar-refractivity contribution in [2.45, 2.75) is 38.6 Å². The third-order valence-corrected chi connectivity index (χ3v) is 7.00. The standard InChI is InChI=1S/C28H30N2O2/c1-19-9-11-21(12-10-19)26(22-13-14-22)29-27(31)23-15-17-30(18-16-23)28(32)25-8-4-6-20-5-2-3-7-24(20)25/h2-12,22-23,26H,13-18H2,1H3,(H,29,31). The van der Waals surface area contributed by atoms with Crippen LogP contribution in [-0.4, -0.2) is 29.8 Å². The van der Waals surface area contributed by atoms with Gasteiger partial charge >= 0.3 is 0 Å². The first-order valence-corrected chi connectivity index (χ1v) is 11.7. The van der Waals surface area contributed by atoms with Crippen molar-refractivity contribution >= 4 is 22.6 Å². The van der Waals surface area contributed by atoms with Crippen LogP contribution in [0.5, 0.6) is 0 Å². The summed E-state index contributed by atoms with van der Waals surface area (Å²) in [4.78, 5) is 28.2. The Hall–Kier alpha value is -3.14. The van der Waals surface area contributed by atoms with Crippen molar-refractivity contribution in [3.05, 3.63) is 83.4 Å². The molecule has 1 aliphatic carbocycles. The number of nitrogens with one attached hydrogen (secondary N) is 1. The Kier molecular flexibility index (Phi) is 5.69. The number of hydrogen-bond donors (Lipinski definition) is 1. The van der Waals surface area contributed by atoms with Gasteiger partial charge in [-0.15, -0.1) is 0 Å². The molecule has 2 amide bonds. The number of carbonyl (C=O) groups is 2. The van der Waals surface area contributed by atoms with E-state index in [0.29, 0.717) is 31.8 Å². The van der Waals surface area contributed by atoms with Crippen LogP contribution in [0, 0.1) is 18.8 Å². The van der Waals surface area contributed by atoms with E-state index in [1.165, 1.54) is 24.0 Å². The van der Waals surface area contributed by atoms with Crippen LogP contribution < -0.4 is 5.32 Å². The van der Waals surface area contributed by atoms with Crippen LogP contribution in [0.4, 0.5) is 0 Å². The van der Waals surface area contributed by atoms with Crippen LogP contribution in [-0.2, 0) is 4.79 Å². The molecule has 1 unspecified atom stereocenters. The van der Waals surface area contributed by atoms with Gasteiger partial charge in [0.25, 0.3) is 5.91 Å². The second-order valence-electron chi connectivity index (χ2n) is 9.33. The third kappa shape index (κ3) is 4.27. The zero-order valence-electron chi connectivity index (χ0n) is 18.6. The summed E-state index contributed by atoms with van der Waals surface area (Å²) < 4.78 is 0. The Bertz CT molecular complexity index is 1120. The number of nitrogens with zero attached hydrogens (tertiary/aromatic N) is 1. The van der Waals surface area contributed by atoms with Gasteiger partial charge < -0.3 is 10.2 Å². The van der Waals surface area contributed by atoms with E-state index in [4.69, 9.17) is 0 Å². The molecule has 1 atom stereocenters. The van der Waals surface area contributed by atoms with Crippen molar-refractivity contribution in [1.29, 1.82) is 0 Å². The summed E-state index contributed by atoms with van der Waals surface area (Å²) in [5, 5.41) is 5.41. The maximum atomic E-state index is 13.2. The normalized spacial score (nSPS) is 17.8. The highest BCUT2D eigenvalue weighted by molar-refractivity contribution is 6.07. The van der Waals surface area contributed by atoms with E-state index < -0.39 is 0 Å². The van der Waals surface area contributed by atoms with E-state index in [-0.39, 0.29) is 23.8 Å². The number of likely N-dealkylation sites (tertiary alicyclic amines) is 1. The van der Waals surface area contributed by atoms with E-state index >= 15 is 0 Å². The fraction of sp³-hybridized carbons (Fsp3) is 0.357. The monoisotopic (exact) mass is 426 g/mol. The van der Waals surface area contributed by atoms with Crippen molar-refractivity contribution in [1.82, 2.24) is 10.2 Å². The molecule has 2 fully saturated rings. The molecule has 1 aliphatic heterocycles. The fourth-order valence-corrected chi connectivity index (χ4v) is 4.87. The summed E-state index contributed by atoms with van der Waals surface area (Å²) in [6.07, 6.45) is 3.79. The van der Waals surface area contributed by atoms with Crippen LogP contribution in [0.15, 0.2) is 66.7 Å². The van der Waals surface area contributed by atoms with Gasteiger partial charge in [-0.3, -0.25) is 9.59 Å². The molecule has 3 aromatic rings. The molecule has 3 aromatic carbocycles. The van der Waals surface area contributed by atoms with Crippen LogP contribution in [0.1, 0.15) is 53.2 Å². The fourth-order valence-electron chi connectivity index (χ4n) is 4.87. The Balaban J connectivity index is 1.22. The predicted molar refractivity (Wildman–Crippen MR) is 127 cm³/mol. The van der Waals surface area contributed by atoms with E-state index in [2.05, 4.69) is 36.5 Å². The number of aryl methyl sites for hydroxylation is 1. The number of benzene rings is 3. The summed E-state index contributed by atoms with van der Waals surface area (Å²) in [7, 11) is 0. The maximum Gasteiger partial charge on any atom is 0.254 e. The number of fused-ring (bicyclic) bond motifs is 1. The number of hydrogen-bond acceptors (Lipinski definition) is 2. The Morgan fingerprint density at radius 3 is 2.28 bits per heavy atom. The zero-order chi connectivity index (χ0) is 22.1. The molecule has 0 aromatic heterocycles. The minimum atomic E-state index is -0.0294. The Morgan fingerprint density at radius 1 is 0.875 bits per heavy atom. The van der Waals surface area contributed by atoms with Crippen molar-refractivity contribution in [3.8, 4) is 0 Å². The highest BCUT2D eigenvalue weighted by Gasteiger charge is 2.36. The molecule has 32 heavy (non-hydrogen) atoms. The maximum absolute atomic E-state index is 13.2. The highest BCUT2D eigenvalue weighted by Crippen LogP contribution is 2.41. The molecule has 4 heteroatoms. The van der Waals surface area contributed by atoms with Crippen molar-refractivity contribution in [2.75, 3.05) is 13.1 Å². The smallest absolute Gasteiger partial charge is 0.254 e. The lowest BCUT2D eigenvalue weighted by atomic mass is 9.93. The quantitative estimate of drug-likeness (QED) is 0.604. The number of piperidine rings is 1. The first-order chi connectivity index (χ1) is 15.6. The van der Waals surface area contributed by atoms with Crippen LogP contribution in [0.25, 0.3) is 10.8 Å². The molecule has 0 bridgehead atoms. The van der Waals surface area contributed by atoms with Crippen LogP contribution in [0.2, 0.25) is 0 Å². The summed E-state index contributed by atoms with van der Waals surface area (Å²) in [6, 6.07) is 22.5. The first-order valence-electron chi connectivity index (χ1n) is 11.7. The first kappa shape index (κ1) is 20.7. The van der Waals surface area contributed by atoms with Crippen molar-refractivity contribution < 1.29 is 9.59 Å². The van der Waals surface area contributed by atoms with Gasteiger partial charge in [-0.2, -0.15) is 0 Å². The molecule has 1 N–H and O–H groups in total. The summed E-state index contributed by atoms with van der Waals surface area (Å²) in [5.41, 5.74) is 3.19. The van der Waals surface area contributed by atoms with Gasteiger partial charge in [0, 0.05) is 24.6 Å².